The van der Waals surface area contributed by atoms with Gasteiger partial charge < -0.3 is 4.55 Å². The van der Waals surface area contributed by atoms with E-state index >= 15 is 0 Å². The van der Waals surface area contributed by atoms with Crippen molar-refractivity contribution in [1.82, 2.24) is 14.8 Å². The van der Waals surface area contributed by atoms with Crippen molar-refractivity contribution in [3.8, 4) is 0 Å². The summed E-state index contributed by atoms with van der Waals surface area (Å²) in [5.41, 5.74) is 0.454. The van der Waals surface area contributed by atoms with Crippen molar-refractivity contribution in [2.75, 3.05) is 0 Å². The van der Waals surface area contributed by atoms with Crippen molar-refractivity contribution in [3.63, 3.8) is 0 Å². The van der Waals surface area contributed by atoms with E-state index in [1.807, 2.05) is 0 Å². The van der Waals surface area contributed by atoms with Gasteiger partial charge in [-0.15, -0.1) is 5.10 Å². The maximum absolute atomic E-state index is 13.9. The molecule has 2 aromatic rings. The number of halogens is 4. The zero-order chi connectivity index (χ0) is 15.1. The number of aromatic nitrogens is 3. The van der Waals surface area contributed by atoms with Crippen LogP contribution in [0.5, 0.6) is 0 Å². The molecule has 0 N–H and O–H groups in total. The zero-order valence-corrected chi connectivity index (χ0v) is 11.2. The Hall–Kier alpha value is -1.61. The molecule has 9 heteroatoms. The molecule has 0 radical (unpaired) electrons. The molecule has 0 amide bonds. The van der Waals surface area contributed by atoms with Crippen LogP contribution in [-0.4, -0.2) is 25.1 Å². The molecule has 112 valence electrons. The summed E-state index contributed by atoms with van der Waals surface area (Å²) in [5.74, 6) is -3.79. The van der Waals surface area contributed by atoms with Crippen LogP contribution in [0.2, 0.25) is 0 Å². The fourth-order valence-corrected chi connectivity index (χ4v) is 2.83. The van der Waals surface area contributed by atoms with Gasteiger partial charge in [-0.1, -0.05) is 12.1 Å². The number of benzene rings is 1. The van der Waals surface area contributed by atoms with E-state index in [9.17, 15) is 22.1 Å². The van der Waals surface area contributed by atoms with Crippen LogP contribution in [0.25, 0.3) is 0 Å². The summed E-state index contributed by atoms with van der Waals surface area (Å²) < 4.78 is 64.4. The van der Waals surface area contributed by atoms with Gasteiger partial charge >= 0.3 is 10.9 Å². The molecule has 3 atom stereocenters. The van der Waals surface area contributed by atoms with Crippen LogP contribution in [0.4, 0.5) is 17.6 Å². The summed E-state index contributed by atoms with van der Waals surface area (Å²) in [6, 6.07) is 4.86. The standard InChI is InChI=1S/C12H9F4N3OS/c13-7-3-1-2-6(4-7)9-5-8(14)10-17-12(18-19(9)10)21(20)11(15)16/h1-4,8-9,11H,5H2/t8-,9-,21+/m0/s1. The lowest BCUT2D eigenvalue weighted by molar-refractivity contribution is 0.233. The van der Waals surface area contributed by atoms with Crippen LogP contribution in [0.1, 0.15) is 30.0 Å². The van der Waals surface area contributed by atoms with Gasteiger partial charge in [0, 0.05) is 6.42 Å². The molecule has 21 heavy (non-hydrogen) atoms. The second-order valence-electron chi connectivity index (χ2n) is 4.53. The SMILES string of the molecule is [O-][S@@+](c1nc2n(n1)[C@H](c1cccc(F)c1)C[C@@H]2F)C(F)F. The van der Waals surface area contributed by atoms with Gasteiger partial charge in [0.2, 0.25) is 0 Å². The van der Waals surface area contributed by atoms with E-state index in [2.05, 4.69) is 10.1 Å². The van der Waals surface area contributed by atoms with Crippen molar-refractivity contribution in [2.45, 2.75) is 29.5 Å². The molecule has 2 heterocycles. The molecule has 0 spiro atoms. The monoisotopic (exact) mass is 319 g/mol. The Morgan fingerprint density at radius 2 is 2.14 bits per heavy atom. The highest BCUT2D eigenvalue weighted by molar-refractivity contribution is 7.91. The lowest BCUT2D eigenvalue weighted by atomic mass is 10.0. The predicted octanol–water partition coefficient (Wildman–Crippen LogP) is 2.75. The van der Waals surface area contributed by atoms with Gasteiger partial charge in [0.15, 0.2) is 12.0 Å². The molecule has 0 fully saturated rings. The first-order valence-corrected chi connectivity index (χ1v) is 7.23. The lowest BCUT2D eigenvalue weighted by Crippen LogP contribution is -2.15. The van der Waals surface area contributed by atoms with Crippen molar-refractivity contribution in [3.05, 3.63) is 41.5 Å². The highest BCUT2D eigenvalue weighted by atomic mass is 32.2. The smallest absolute Gasteiger partial charge is 0.405 e. The van der Waals surface area contributed by atoms with Gasteiger partial charge in [0.05, 0.1) is 17.2 Å². The molecule has 3 rings (SSSR count). The van der Waals surface area contributed by atoms with E-state index in [0.29, 0.717) is 5.56 Å². The van der Waals surface area contributed by atoms with Crippen molar-refractivity contribution < 1.29 is 22.1 Å². The first-order chi connectivity index (χ1) is 9.97. The Kier molecular flexibility index (Phi) is 3.62. The molecule has 0 bridgehead atoms. The molecule has 4 nitrogen and oxygen atoms in total. The summed E-state index contributed by atoms with van der Waals surface area (Å²) in [4.78, 5) is 3.59. The second-order valence-corrected chi connectivity index (χ2v) is 5.85. The quantitative estimate of drug-likeness (QED) is 0.646. The van der Waals surface area contributed by atoms with Gasteiger partial charge in [0.1, 0.15) is 5.82 Å². The first-order valence-electron chi connectivity index (χ1n) is 6.02. The van der Waals surface area contributed by atoms with Gasteiger partial charge in [-0.3, -0.25) is 0 Å². The number of fused-ring (bicyclic) bond motifs is 1. The first kappa shape index (κ1) is 14.3. The Balaban J connectivity index is 1.99. The number of hydrogen-bond donors (Lipinski definition) is 0. The Morgan fingerprint density at radius 1 is 1.38 bits per heavy atom. The van der Waals surface area contributed by atoms with E-state index in [4.69, 9.17) is 0 Å². The summed E-state index contributed by atoms with van der Waals surface area (Å²) in [6.45, 7) is 0. The van der Waals surface area contributed by atoms with Gasteiger partial charge in [-0.05, 0) is 17.7 Å². The third kappa shape index (κ3) is 2.51. The molecule has 1 aromatic heterocycles. The zero-order valence-electron chi connectivity index (χ0n) is 10.4. The van der Waals surface area contributed by atoms with Crippen LogP contribution in [0.3, 0.4) is 0 Å². The minimum absolute atomic E-state index is 0.0135. The maximum atomic E-state index is 13.9. The van der Waals surface area contributed by atoms with E-state index in [1.54, 1.807) is 6.07 Å². The van der Waals surface area contributed by atoms with Crippen LogP contribution in [-0.2, 0) is 11.2 Å². The number of hydrogen-bond acceptors (Lipinski definition) is 3. The summed E-state index contributed by atoms with van der Waals surface area (Å²) in [7, 11) is 0. The summed E-state index contributed by atoms with van der Waals surface area (Å²) in [5, 5.41) is 3.11. The highest BCUT2D eigenvalue weighted by Crippen LogP contribution is 2.40. The maximum Gasteiger partial charge on any atom is 0.405 e. The normalized spacial score (nSPS) is 22.6. The fraction of sp³-hybridized carbons (Fsp3) is 0.333. The molecule has 1 aliphatic heterocycles. The molecule has 0 saturated carbocycles. The Morgan fingerprint density at radius 3 is 2.81 bits per heavy atom. The average Bonchev–Trinajstić information content (AvgIpc) is 2.99. The third-order valence-corrected chi connectivity index (χ3v) is 4.08. The van der Waals surface area contributed by atoms with Crippen LogP contribution < -0.4 is 0 Å². The molecular formula is C12H9F4N3OS. The minimum Gasteiger partial charge on any atom is -0.604 e. The van der Waals surface area contributed by atoms with Crippen LogP contribution in [0, 0.1) is 5.82 Å². The predicted molar refractivity (Wildman–Crippen MR) is 65.4 cm³/mol. The Bertz CT molecular complexity index is 666. The average molecular weight is 319 g/mol. The topological polar surface area (TPSA) is 53.8 Å². The molecule has 0 saturated heterocycles. The summed E-state index contributed by atoms with van der Waals surface area (Å²) >= 11 is -2.70. The second kappa shape index (κ2) is 5.30. The van der Waals surface area contributed by atoms with E-state index in [0.717, 1.165) is 4.68 Å². The van der Waals surface area contributed by atoms with Crippen LogP contribution in [0.15, 0.2) is 29.4 Å². The summed E-state index contributed by atoms with van der Waals surface area (Å²) in [6.07, 6.45) is -1.53. The highest BCUT2D eigenvalue weighted by Gasteiger charge is 2.39. The molecule has 1 aliphatic rings. The Labute approximate surface area is 120 Å². The van der Waals surface area contributed by atoms with Crippen molar-refractivity contribution in [2.24, 2.45) is 0 Å². The molecule has 0 aliphatic carbocycles. The largest absolute Gasteiger partial charge is 0.604 e. The van der Waals surface area contributed by atoms with Crippen molar-refractivity contribution >= 4 is 11.2 Å². The minimum atomic E-state index is -3.14. The molecule has 0 unspecified atom stereocenters. The van der Waals surface area contributed by atoms with E-state index in [1.165, 1.54) is 18.2 Å². The van der Waals surface area contributed by atoms with Crippen LogP contribution >= 0.6 is 0 Å². The number of nitrogens with zero attached hydrogens (tertiary/aromatic N) is 3. The third-order valence-electron chi connectivity index (χ3n) is 3.22. The number of rotatable bonds is 3. The van der Waals surface area contributed by atoms with Gasteiger partial charge in [-0.2, -0.15) is 13.8 Å². The molecular weight excluding hydrogens is 310 g/mol. The lowest BCUT2D eigenvalue weighted by Gasteiger charge is -2.11. The van der Waals surface area contributed by atoms with E-state index in [-0.39, 0.29) is 12.2 Å². The van der Waals surface area contributed by atoms with Crippen molar-refractivity contribution in [1.29, 1.82) is 0 Å². The molecule has 1 aromatic carbocycles. The van der Waals surface area contributed by atoms with Gasteiger partial charge in [0.25, 0.3) is 0 Å². The number of alkyl halides is 3. The van der Waals surface area contributed by atoms with E-state index < -0.39 is 40.1 Å². The van der Waals surface area contributed by atoms with Gasteiger partial charge in [-0.25, -0.2) is 13.5 Å². The fourth-order valence-electron chi connectivity index (χ4n) is 2.32.